The molecule has 1 atom stereocenters. The number of hydrogen-bond donors (Lipinski definition) is 1. The summed E-state index contributed by atoms with van der Waals surface area (Å²) in [4.78, 5) is 1.12. The second kappa shape index (κ2) is 8.33. The van der Waals surface area contributed by atoms with E-state index in [9.17, 15) is 4.39 Å². The molecule has 0 amide bonds. The summed E-state index contributed by atoms with van der Waals surface area (Å²) in [5.74, 6) is 0.831. The molecule has 1 aromatic rings. The third-order valence-electron chi connectivity index (χ3n) is 2.68. The Morgan fingerprint density at radius 1 is 1.39 bits per heavy atom. The molecule has 1 N–H and O–H groups in total. The molecule has 0 bridgehead atoms. The summed E-state index contributed by atoms with van der Waals surface area (Å²) < 4.78 is 12.8. The summed E-state index contributed by atoms with van der Waals surface area (Å²) in [6, 6.07) is 7.18. The van der Waals surface area contributed by atoms with Crippen LogP contribution < -0.4 is 5.32 Å². The first-order valence-electron chi connectivity index (χ1n) is 6.38. The molecule has 0 saturated carbocycles. The fourth-order valence-electron chi connectivity index (χ4n) is 1.68. The molecule has 0 aliphatic rings. The van der Waals surface area contributed by atoms with Gasteiger partial charge in [0.1, 0.15) is 5.82 Å². The van der Waals surface area contributed by atoms with Crippen LogP contribution in [-0.2, 0) is 0 Å². The summed E-state index contributed by atoms with van der Waals surface area (Å²) in [5, 5.41) is 3.48. The third-order valence-corrected chi connectivity index (χ3v) is 3.85. The number of allylic oxidation sites excluding steroid dienone is 1. The van der Waals surface area contributed by atoms with Gasteiger partial charge in [-0.2, -0.15) is 0 Å². The Balaban J connectivity index is 2.40. The van der Waals surface area contributed by atoms with E-state index < -0.39 is 0 Å². The monoisotopic (exact) mass is 267 g/mol. The average molecular weight is 267 g/mol. The van der Waals surface area contributed by atoms with E-state index >= 15 is 0 Å². The van der Waals surface area contributed by atoms with Crippen molar-refractivity contribution >= 4 is 11.8 Å². The van der Waals surface area contributed by atoms with Crippen molar-refractivity contribution in [3.8, 4) is 0 Å². The van der Waals surface area contributed by atoms with E-state index in [0.29, 0.717) is 6.04 Å². The molecule has 0 saturated heterocycles. The van der Waals surface area contributed by atoms with Gasteiger partial charge in [-0.3, -0.25) is 0 Å². The van der Waals surface area contributed by atoms with Gasteiger partial charge in [0.05, 0.1) is 0 Å². The summed E-state index contributed by atoms with van der Waals surface area (Å²) in [7, 11) is 0. The number of halogens is 1. The van der Waals surface area contributed by atoms with E-state index in [4.69, 9.17) is 0 Å². The molecular formula is C15H22FNS. The van der Waals surface area contributed by atoms with Crippen molar-refractivity contribution in [2.45, 2.75) is 37.6 Å². The largest absolute Gasteiger partial charge is 0.313 e. The quantitative estimate of drug-likeness (QED) is 0.558. The first-order chi connectivity index (χ1) is 8.61. The molecular weight excluding hydrogens is 245 g/mol. The molecule has 1 rings (SSSR count). The molecule has 0 aromatic heterocycles. The minimum atomic E-state index is -0.176. The highest BCUT2D eigenvalue weighted by molar-refractivity contribution is 7.99. The zero-order valence-electron chi connectivity index (χ0n) is 11.2. The van der Waals surface area contributed by atoms with Crippen LogP contribution in [0.25, 0.3) is 0 Å². The fourth-order valence-corrected chi connectivity index (χ4v) is 2.69. The molecule has 18 heavy (non-hydrogen) atoms. The number of thioether (sulfide) groups is 1. The highest BCUT2D eigenvalue weighted by Gasteiger charge is 2.08. The van der Waals surface area contributed by atoms with Gasteiger partial charge in [0.15, 0.2) is 0 Å². The topological polar surface area (TPSA) is 12.0 Å². The van der Waals surface area contributed by atoms with Gasteiger partial charge < -0.3 is 5.32 Å². The summed E-state index contributed by atoms with van der Waals surface area (Å²) in [6.45, 7) is 9.10. The minimum absolute atomic E-state index is 0.176. The molecule has 3 heteroatoms. The van der Waals surface area contributed by atoms with Crippen LogP contribution >= 0.6 is 11.8 Å². The van der Waals surface area contributed by atoms with E-state index in [1.165, 1.54) is 17.7 Å². The van der Waals surface area contributed by atoms with Gasteiger partial charge in [0.25, 0.3) is 0 Å². The van der Waals surface area contributed by atoms with Gasteiger partial charge in [-0.1, -0.05) is 12.5 Å². The predicted molar refractivity (Wildman–Crippen MR) is 78.6 cm³/mol. The van der Waals surface area contributed by atoms with E-state index in [1.807, 2.05) is 12.1 Å². The van der Waals surface area contributed by atoms with Crippen molar-refractivity contribution in [3.05, 3.63) is 42.2 Å². The maximum absolute atomic E-state index is 12.8. The Kier molecular flexibility index (Phi) is 7.06. The van der Waals surface area contributed by atoms with Gasteiger partial charge in [-0.05, 0) is 50.6 Å². The molecule has 100 valence electrons. The van der Waals surface area contributed by atoms with Crippen molar-refractivity contribution < 1.29 is 4.39 Å². The predicted octanol–water partition coefficient (Wildman–Crippen LogP) is 4.25. The summed E-state index contributed by atoms with van der Waals surface area (Å²) in [5.41, 5.74) is 1.23. The highest BCUT2D eigenvalue weighted by atomic mass is 32.2. The average Bonchev–Trinajstić information content (AvgIpc) is 2.34. The van der Waals surface area contributed by atoms with E-state index in [2.05, 4.69) is 25.7 Å². The first kappa shape index (κ1) is 15.3. The number of hydrogen-bond acceptors (Lipinski definition) is 2. The van der Waals surface area contributed by atoms with Crippen LogP contribution in [0.5, 0.6) is 0 Å². The molecule has 0 radical (unpaired) electrons. The zero-order valence-corrected chi connectivity index (χ0v) is 12.0. The van der Waals surface area contributed by atoms with Crippen molar-refractivity contribution in [1.29, 1.82) is 0 Å². The Hall–Kier alpha value is -0.800. The van der Waals surface area contributed by atoms with Gasteiger partial charge in [-0.25, -0.2) is 4.39 Å². The van der Waals surface area contributed by atoms with Crippen LogP contribution in [0.3, 0.4) is 0 Å². The maximum Gasteiger partial charge on any atom is 0.123 e. The minimum Gasteiger partial charge on any atom is -0.313 e. The molecule has 0 spiro atoms. The number of benzene rings is 1. The van der Waals surface area contributed by atoms with Gasteiger partial charge in [0.2, 0.25) is 0 Å². The van der Waals surface area contributed by atoms with Crippen molar-refractivity contribution in [1.82, 2.24) is 5.32 Å². The van der Waals surface area contributed by atoms with Crippen LogP contribution in [0.4, 0.5) is 4.39 Å². The number of nitrogens with one attached hydrogen (secondary N) is 1. The molecule has 1 unspecified atom stereocenters. The Bertz CT molecular complexity index is 361. The third kappa shape index (κ3) is 6.22. The van der Waals surface area contributed by atoms with Crippen LogP contribution in [0.1, 0.15) is 26.7 Å². The second-order valence-electron chi connectivity index (χ2n) is 4.52. The first-order valence-corrected chi connectivity index (χ1v) is 7.36. The molecule has 0 aliphatic heterocycles. The lowest BCUT2D eigenvalue weighted by molar-refractivity contribution is 0.537. The molecule has 0 aliphatic carbocycles. The van der Waals surface area contributed by atoms with Crippen molar-refractivity contribution in [3.63, 3.8) is 0 Å². The SMILES string of the molecule is C=C(C)CCC(CSc1ccc(F)cc1)NCC. The Morgan fingerprint density at radius 2 is 2.06 bits per heavy atom. The lowest BCUT2D eigenvalue weighted by atomic mass is 10.1. The second-order valence-corrected chi connectivity index (χ2v) is 5.61. The van der Waals surface area contributed by atoms with Crippen molar-refractivity contribution in [2.75, 3.05) is 12.3 Å². The fraction of sp³-hybridized carbons (Fsp3) is 0.467. The van der Waals surface area contributed by atoms with E-state index in [0.717, 1.165) is 30.0 Å². The zero-order chi connectivity index (χ0) is 13.4. The Labute approximate surface area is 114 Å². The maximum atomic E-state index is 12.8. The summed E-state index contributed by atoms with van der Waals surface area (Å²) >= 11 is 1.77. The molecule has 1 nitrogen and oxygen atoms in total. The normalized spacial score (nSPS) is 12.4. The summed E-state index contributed by atoms with van der Waals surface area (Å²) in [6.07, 6.45) is 2.17. The molecule has 0 fully saturated rings. The van der Waals surface area contributed by atoms with Crippen molar-refractivity contribution in [2.24, 2.45) is 0 Å². The lowest BCUT2D eigenvalue weighted by Crippen LogP contribution is -2.31. The lowest BCUT2D eigenvalue weighted by Gasteiger charge is -2.17. The van der Waals surface area contributed by atoms with Crippen LogP contribution in [0.2, 0.25) is 0 Å². The molecule has 0 heterocycles. The Morgan fingerprint density at radius 3 is 2.61 bits per heavy atom. The van der Waals surface area contributed by atoms with Crippen LogP contribution in [0, 0.1) is 5.82 Å². The van der Waals surface area contributed by atoms with Gasteiger partial charge >= 0.3 is 0 Å². The standard InChI is InChI=1S/C15H22FNS/c1-4-17-14(8-5-12(2)3)11-18-15-9-6-13(16)7-10-15/h6-7,9-10,14,17H,2,4-5,8,11H2,1,3H3. The van der Waals surface area contributed by atoms with Gasteiger partial charge in [-0.15, -0.1) is 18.3 Å². The van der Waals surface area contributed by atoms with E-state index in [-0.39, 0.29) is 5.82 Å². The van der Waals surface area contributed by atoms with Crippen LogP contribution in [0.15, 0.2) is 41.3 Å². The number of rotatable bonds is 8. The molecule has 1 aromatic carbocycles. The van der Waals surface area contributed by atoms with E-state index in [1.54, 1.807) is 11.8 Å². The van der Waals surface area contributed by atoms with Crippen LogP contribution in [-0.4, -0.2) is 18.3 Å². The van der Waals surface area contributed by atoms with Gasteiger partial charge in [0, 0.05) is 16.7 Å². The smallest absolute Gasteiger partial charge is 0.123 e. The highest BCUT2D eigenvalue weighted by Crippen LogP contribution is 2.20.